The van der Waals surface area contributed by atoms with E-state index in [1.165, 1.54) is 16.3 Å². The lowest BCUT2D eigenvalue weighted by Crippen LogP contribution is -2.23. The van der Waals surface area contributed by atoms with Crippen molar-refractivity contribution < 1.29 is 4.74 Å². The van der Waals surface area contributed by atoms with Crippen molar-refractivity contribution in [3.05, 3.63) is 48.0 Å². The Kier molecular flexibility index (Phi) is 5.77. The van der Waals surface area contributed by atoms with E-state index in [9.17, 15) is 0 Å². The highest BCUT2D eigenvalue weighted by molar-refractivity contribution is 6.10. The standard InChI is InChI=1S/C22H28N2O/c1-4-9-19-21(25-15-8-7-14-23-16(2)3)13-12-18-17-10-5-6-11-20(17)24-22(18)19/h4-6,9-13,16,23-24H,7-8,14-15H2,1-3H3/b9-4-. The summed E-state index contributed by atoms with van der Waals surface area (Å²) in [6.45, 7) is 8.19. The number of ether oxygens (including phenoxy) is 1. The first-order chi connectivity index (χ1) is 12.2. The maximum Gasteiger partial charge on any atom is 0.128 e. The molecule has 3 nitrogen and oxygen atoms in total. The van der Waals surface area contributed by atoms with Gasteiger partial charge in [0.1, 0.15) is 5.75 Å². The van der Waals surface area contributed by atoms with Crippen molar-refractivity contribution in [2.75, 3.05) is 13.2 Å². The molecule has 0 bridgehead atoms. The van der Waals surface area contributed by atoms with Crippen LogP contribution in [0, 0.1) is 0 Å². The van der Waals surface area contributed by atoms with Crippen LogP contribution in [0.15, 0.2) is 42.5 Å². The molecule has 0 saturated carbocycles. The molecule has 25 heavy (non-hydrogen) atoms. The van der Waals surface area contributed by atoms with Crippen molar-refractivity contribution in [1.29, 1.82) is 0 Å². The first-order valence-electron chi connectivity index (χ1n) is 9.23. The van der Waals surface area contributed by atoms with Gasteiger partial charge in [-0.15, -0.1) is 0 Å². The number of aromatic nitrogens is 1. The van der Waals surface area contributed by atoms with Crippen LogP contribution in [0.25, 0.3) is 27.9 Å². The van der Waals surface area contributed by atoms with Crippen molar-refractivity contribution in [2.45, 2.75) is 39.7 Å². The molecule has 2 aromatic carbocycles. The van der Waals surface area contributed by atoms with E-state index in [0.717, 1.165) is 42.8 Å². The van der Waals surface area contributed by atoms with Gasteiger partial charge in [0, 0.05) is 27.9 Å². The van der Waals surface area contributed by atoms with Gasteiger partial charge in [-0.2, -0.15) is 0 Å². The normalized spacial score (nSPS) is 12.0. The Morgan fingerprint density at radius 2 is 1.92 bits per heavy atom. The fourth-order valence-corrected chi connectivity index (χ4v) is 3.18. The molecule has 0 fully saturated rings. The van der Waals surface area contributed by atoms with Crippen molar-refractivity contribution in [2.24, 2.45) is 0 Å². The van der Waals surface area contributed by atoms with Crippen LogP contribution in [0.3, 0.4) is 0 Å². The van der Waals surface area contributed by atoms with Crippen molar-refractivity contribution in [3.8, 4) is 5.75 Å². The topological polar surface area (TPSA) is 37.0 Å². The van der Waals surface area contributed by atoms with Crippen molar-refractivity contribution >= 4 is 27.9 Å². The molecule has 0 radical (unpaired) electrons. The number of nitrogens with one attached hydrogen (secondary N) is 2. The Morgan fingerprint density at radius 3 is 2.72 bits per heavy atom. The van der Waals surface area contributed by atoms with Crippen LogP contribution in [0.2, 0.25) is 0 Å². The van der Waals surface area contributed by atoms with Gasteiger partial charge >= 0.3 is 0 Å². The van der Waals surface area contributed by atoms with E-state index in [2.05, 4.69) is 72.7 Å². The van der Waals surface area contributed by atoms with Gasteiger partial charge in [-0.1, -0.05) is 44.2 Å². The van der Waals surface area contributed by atoms with E-state index >= 15 is 0 Å². The Morgan fingerprint density at radius 1 is 1.08 bits per heavy atom. The fraction of sp³-hybridized carbons (Fsp3) is 0.364. The number of unbranched alkanes of at least 4 members (excludes halogenated alkanes) is 1. The lowest BCUT2D eigenvalue weighted by Gasteiger charge is -2.11. The molecule has 132 valence electrons. The summed E-state index contributed by atoms with van der Waals surface area (Å²) in [5.41, 5.74) is 3.45. The Hall–Kier alpha value is -2.26. The number of hydrogen-bond acceptors (Lipinski definition) is 2. The molecule has 1 heterocycles. The minimum absolute atomic E-state index is 0.548. The summed E-state index contributed by atoms with van der Waals surface area (Å²) in [5.74, 6) is 0.953. The predicted molar refractivity (Wildman–Crippen MR) is 108 cm³/mol. The summed E-state index contributed by atoms with van der Waals surface area (Å²) < 4.78 is 6.10. The average molecular weight is 336 g/mol. The third-order valence-corrected chi connectivity index (χ3v) is 4.40. The third kappa shape index (κ3) is 4.05. The lowest BCUT2D eigenvalue weighted by atomic mass is 10.1. The number of benzene rings is 2. The van der Waals surface area contributed by atoms with Crippen LogP contribution >= 0.6 is 0 Å². The van der Waals surface area contributed by atoms with Crippen LogP contribution in [0.1, 0.15) is 39.2 Å². The highest BCUT2D eigenvalue weighted by Gasteiger charge is 2.11. The number of para-hydroxylation sites is 1. The second kappa shape index (κ2) is 8.21. The molecule has 2 N–H and O–H groups in total. The van der Waals surface area contributed by atoms with Gasteiger partial charge in [0.15, 0.2) is 0 Å². The van der Waals surface area contributed by atoms with Crippen molar-refractivity contribution in [1.82, 2.24) is 10.3 Å². The van der Waals surface area contributed by atoms with Gasteiger partial charge in [0.05, 0.1) is 12.1 Å². The molecule has 0 atom stereocenters. The maximum absolute atomic E-state index is 6.10. The highest BCUT2D eigenvalue weighted by Crippen LogP contribution is 2.33. The molecule has 0 unspecified atom stereocenters. The zero-order valence-corrected chi connectivity index (χ0v) is 15.4. The lowest BCUT2D eigenvalue weighted by molar-refractivity contribution is 0.305. The average Bonchev–Trinajstić information content (AvgIpc) is 2.98. The van der Waals surface area contributed by atoms with Gasteiger partial charge in [-0.3, -0.25) is 0 Å². The molecule has 0 amide bonds. The minimum atomic E-state index is 0.548. The van der Waals surface area contributed by atoms with E-state index in [1.54, 1.807) is 0 Å². The third-order valence-electron chi connectivity index (χ3n) is 4.40. The molecule has 1 aromatic heterocycles. The molecule has 0 saturated heterocycles. The van der Waals surface area contributed by atoms with Gasteiger partial charge in [-0.05, 0) is 44.5 Å². The molecule has 0 aliphatic carbocycles. The fourth-order valence-electron chi connectivity index (χ4n) is 3.18. The summed E-state index contributed by atoms with van der Waals surface area (Å²) in [6, 6.07) is 13.2. The van der Waals surface area contributed by atoms with Gasteiger partial charge < -0.3 is 15.0 Å². The molecule has 0 spiro atoms. The SMILES string of the molecule is C/C=C\c1c(OCCCCNC(C)C)ccc2c1[nH]c1ccccc12. The van der Waals surface area contributed by atoms with Gasteiger partial charge in [0.25, 0.3) is 0 Å². The molecule has 3 aromatic rings. The Labute approximate surface area is 150 Å². The van der Waals surface area contributed by atoms with Crippen LogP contribution < -0.4 is 10.1 Å². The molecule has 3 heteroatoms. The maximum atomic E-state index is 6.10. The quantitative estimate of drug-likeness (QED) is 0.532. The van der Waals surface area contributed by atoms with Gasteiger partial charge in [-0.25, -0.2) is 0 Å². The molecular weight excluding hydrogens is 308 g/mol. The molecule has 0 aliphatic rings. The highest BCUT2D eigenvalue weighted by atomic mass is 16.5. The number of rotatable bonds is 8. The van der Waals surface area contributed by atoms with Crippen LogP contribution in [0.4, 0.5) is 0 Å². The second-order valence-electron chi connectivity index (χ2n) is 6.73. The Bertz CT molecular complexity index is 861. The van der Waals surface area contributed by atoms with E-state index in [1.807, 2.05) is 6.92 Å². The van der Waals surface area contributed by atoms with Gasteiger partial charge in [0.2, 0.25) is 0 Å². The Balaban J connectivity index is 1.78. The number of fused-ring (bicyclic) bond motifs is 3. The van der Waals surface area contributed by atoms with E-state index < -0.39 is 0 Å². The first kappa shape index (κ1) is 17.6. The van der Waals surface area contributed by atoms with E-state index in [-0.39, 0.29) is 0 Å². The van der Waals surface area contributed by atoms with Crippen LogP contribution in [-0.4, -0.2) is 24.2 Å². The summed E-state index contributed by atoms with van der Waals surface area (Å²) in [7, 11) is 0. The van der Waals surface area contributed by atoms with E-state index in [0.29, 0.717) is 6.04 Å². The largest absolute Gasteiger partial charge is 0.493 e. The van der Waals surface area contributed by atoms with Crippen LogP contribution in [-0.2, 0) is 0 Å². The number of aromatic amines is 1. The predicted octanol–water partition coefficient (Wildman–Crippen LogP) is 5.51. The molecule has 0 aliphatic heterocycles. The molecular formula is C22H28N2O. The second-order valence-corrected chi connectivity index (χ2v) is 6.73. The van der Waals surface area contributed by atoms with E-state index in [4.69, 9.17) is 4.74 Å². The monoisotopic (exact) mass is 336 g/mol. The first-order valence-corrected chi connectivity index (χ1v) is 9.23. The zero-order chi connectivity index (χ0) is 17.6. The summed E-state index contributed by atoms with van der Waals surface area (Å²) >= 11 is 0. The number of H-pyrrole nitrogens is 1. The zero-order valence-electron chi connectivity index (χ0n) is 15.4. The smallest absolute Gasteiger partial charge is 0.128 e. The number of allylic oxidation sites excluding steroid dienone is 1. The minimum Gasteiger partial charge on any atom is -0.493 e. The number of hydrogen-bond donors (Lipinski definition) is 2. The van der Waals surface area contributed by atoms with Crippen molar-refractivity contribution in [3.63, 3.8) is 0 Å². The summed E-state index contributed by atoms with van der Waals surface area (Å²) in [4.78, 5) is 3.55. The molecule has 3 rings (SSSR count). The van der Waals surface area contributed by atoms with Crippen LogP contribution in [0.5, 0.6) is 5.75 Å². The summed E-state index contributed by atoms with van der Waals surface area (Å²) in [6.07, 6.45) is 6.39. The summed E-state index contributed by atoms with van der Waals surface area (Å²) in [5, 5.41) is 5.95.